The SMILES string of the molecule is CC(C)C(NC(=O)c1ccc(F)cc1)C(=O)NC(CC(F)(F)F)C(=O)O. The van der Waals surface area contributed by atoms with Crippen LogP contribution in [-0.4, -0.2) is 41.2 Å². The van der Waals surface area contributed by atoms with Crippen LogP contribution in [0.2, 0.25) is 0 Å². The zero-order valence-electron chi connectivity index (χ0n) is 13.9. The number of amides is 2. The molecule has 3 N–H and O–H groups in total. The maximum atomic E-state index is 12.9. The van der Waals surface area contributed by atoms with E-state index in [0.29, 0.717) is 0 Å². The molecule has 26 heavy (non-hydrogen) atoms. The third-order valence-corrected chi connectivity index (χ3v) is 3.39. The highest BCUT2D eigenvalue weighted by molar-refractivity contribution is 5.98. The molecule has 0 aliphatic heterocycles. The third kappa shape index (κ3) is 6.69. The highest BCUT2D eigenvalue weighted by Crippen LogP contribution is 2.22. The number of hydrogen-bond donors (Lipinski definition) is 3. The molecule has 0 aliphatic rings. The maximum absolute atomic E-state index is 12.9. The predicted molar refractivity (Wildman–Crippen MR) is 82.7 cm³/mol. The fourth-order valence-corrected chi connectivity index (χ4v) is 2.05. The summed E-state index contributed by atoms with van der Waals surface area (Å²) in [6, 6.07) is 0.953. The molecule has 0 saturated carbocycles. The monoisotopic (exact) mass is 378 g/mol. The van der Waals surface area contributed by atoms with Crippen molar-refractivity contribution in [2.24, 2.45) is 5.92 Å². The Kier molecular flexibility index (Phi) is 7.10. The summed E-state index contributed by atoms with van der Waals surface area (Å²) in [5.74, 6) is -4.77. The van der Waals surface area contributed by atoms with Crippen LogP contribution < -0.4 is 10.6 Å². The van der Waals surface area contributed by atoms with Gasteiger partial charge in [-0.25, -0.2) is 9.18 Å². The summed E-state index contributed by atoms with van der Waals surface area (Å²) in [6.45, 7) is 3.05. The molecule has 1 aromatic rings. The minimum absolute atomic E-state index is 0.0370. The minimum atomic E-state index is -4.79. The zero-order chi connectivity index (χ0) is 20.1. The number of carbonyl (C=O) groups excluding carboxylic acids is 2. The van der Waals surface area contributed by atoms with Gasteiger partial charge in [0, 0.05) is 5.56 Å². The Morgan fingerprint density at radius 1 is 1.08 bits per heavy atom. The lowest BCUT2D eigenvalue weighted by atomic mass is 10.0. The number of rotatable bonds is 7. The van der Waals surface area contributed by atoms with Gasteiger partial charge in [-0.1, -0.05) is 13.8 Å². The Morgan fingerprint density at radius 2 is 1.62 bits per heavy atom. The first-order chi connectivity index (χ1) is 11.9. The van der Waals surface area contributed by atoms with Crippen LogP contribution >= 0.6 is 0 Å². The highest BCUT2D eigenvalue weighted by Gasteiger charge is 2.37. The largest absolute Gasteiger partial charge is 0.480 e. The average molecular weight is 378 g/mol. The first-order valence-corrected chi connectivity index (χ1v) is 7.57. The van der Waals surface area contributed by atoms with Crippen LogP contribution in [0, 0.1) is 11.7 Å². The quantitative estimate of drug-likeness (QED) is 0.633. The van der Waals surface area contributed by atoms with Gasteiger partial charge in [0.05, 0.1) is 6.42 Å². The predicted octanol–water partition coefficient (Wildman–Crippen LogP) is 2.10. The van der Waals surface area contributed by atoms with Crippen molar-refractivity contribution in [3.8, 4) is 0 Å². The lowest BCUT2D eigenvalue weighted by Crippen LogP contribution is -2.54. The van der Waals surface area contributed by atoms with E-state index >= 15 is 0 Å². The van der Waals surface area contributed by atoms with Gasteiger partial charge in [0.15, 0.2) is 0 Å². The summed E-state index contributed by atoms with van der Waals surface area (Å²) >= 11 is 0. The molecule has 1 rings (SSSR count). The van der Waals surface area contributed by atoms with E-state index in [1.165, 1.54) is 26.0 Å². The van der Waals surface area contributed by atoms with Crippen LogP contribution in [0.25, 0.3) is 0 Å². The lowest BCUT2D eigenvalue weighted by Gasteiger charge is -2.24. The van der Waals surface area contributed by atoms with Crippen molar-refractivity contribution in [2.75, 3.05) is 0 Å². The minimum Gasteiger partial charge on any atom is -0.480 e. The van der Waals surface area contributed by atoms with Gasteiger partial charge < -0.3 is 15.7 Å². The summed E-state index contributed by atoms with van der Waals surface area (Å²) in [5.41, 5.74) is 0.0370. The van der Waals surface area contributed by atoms with Gasteiger partial charge in [-0.2, -0.15) is 13.2 Å². The molecule has 0 aliphatic carbocycles. The number of alkyl halides is 3. The second kappa shape index (κ2) is 8.63. The van der Waals surface area contributed by atoms with Gasteiger partial charge in [0.2, 0.25) is 5.91 Å². The Labute approximate surface area is 146 Å². The van der Waals surface area contributed by atoms with Crippen LogP contribution in [0.15, 0.2) is 24.3 Å². The molecule has 2 atom stereocenters. The topological polar surface area (TPSA) is 95.5 Å². The number of halogens is 4. The van der Waals surface area contributed by atoms with E-state index in [2.05, 4.69) is 5.32 Å². The van der Waals surface area contributed by atoms with Gasteiger partial charge in [-0.05, 0) is 30.2 Å². The Morgan fingerprint density at radius 3 is 2.04 bits per heavy atom. The molecule has 0 saturated heterocycles. The third-order valence-electron chi connectivity index (χ3n) is 3.39. The summed E-state index contributed by atoms with van der Waals surface area (Å²) in [5, 5.41) is 13.0. The second-order valence-electron chi connectivity index (χ2n) is 5.92. The molecular formula is C16H18F4N2O4. The van der Waals surface area contributed by atoms with Gasteiger partial charge in [0.1, 0.15) is 17.9 Å². The lowest BCUT2D eigenvalue weighted by molar-refractivity contribution is -0.160. The van der Waals surface area contributed by atoms with E-state index in [1.807, 2.05) is 0 Å². The van der Waals surface area contributed by atoms with E-state index < -0.39 is 54.2 Å². The molecule has 0 radical (unpaired) electrons. The van der Waals surface area contributed by atoms with Crippen molar-refractivity contribution < 1.29 is 37.1 Å². The highest BCUT2D eigenvalue weighted by atomic mass is 19.4. The number of nitrogens with one attached hydrogen (secondary N) is 2. The molecule has 6 nitrogen and oxygen atoms in total. The van der Waals surface area contributed by atoms with E-state index in [9.17, 15) is 31.9 Å². The smallest absolute Gasteiger partial charge is 0.391 e. The first-order valence-electron chi connectivity index (χ1n) is 7.57. The van der Waals surface area contributed by atoms with Gasteiger partial charge in [0.25, 0.3) is 5.91 Å². The molecular weight excluding hydrogens is 360 g/mol. The molecule has 0 heterocycles. The van der Waals surface area contributed by atoms with Crippen molar-refractivity contribution in [3.05, 3.63) is 35.6 Å². The van der Waals surface area contributed by atoms with E-state index in [-0.39, 0.29) is 5.56 Å². The molecule has 0 spiro atoms. The number of aliphatic carboxylic acids is 1. The van der Waals surface area contributed by atoms with Crippen molar-refractivity contribution in [1.29, 1.82) is 0 Å². The Hall–Kier alpha value is -2.65. The van der Waals surface area contributed by atoms with Crippen LogP contribution in [0.3, 0.4) is 0 Å². The van der Waals surface area contributed by atoms with E-state index in [4.69, 9.17) is 5.11 Å². The van der Waals surface area contributed by atoms with Crippen molar-refractivity contribution >= 4 is 17.8 Å². The summed E-state index contributed by atoms with van der Waals surface area (Å²) in [7, 11) is 0. The van der Waals surface area contributed by atoms with Crippen molar-refractivity contribution in [3.63, 3.8) is 0 Å². The molecule has 10 heteroatoms. The average Bonchev–Trinajstić information content (AvgIpc) is 2.50. The first kappa shape index (κ1) is 21.4. The van der Waals surface area contributed by atoms with Crippen LogP contribution in [-0.2, 0) is 9.59 Å². The molecule has 0 fully saturated rings. The number of carbonyl (C=O) groups is 3. The molecule has 2 amide bonds. The number of hydrogen-bond acceptors (Lipinski definition) is 3. The molecule has 144 valence electrons. The molecule has 1 aromatic carbocycles. The number of benzene rings is 1. The van der Waals surface area contributed by atoms with Crippen LogP contribution in [0.4, 0.5) is 17.6 Å². The van der Waals surface area contributed by atoms with E-state index in [1.54, 1.807) is 5.32 Å². The molecule has 2 unspecified atom stereocenters. The molecule has 0 aromatic heterocycles. The van der Waals surface area contributed by atoms with Gasteiger partial charge in [-0.3, -0.25) is 9.59 Å². The van der Waals surface area contributed by atoms with Crippen molar-refractivity contribution in [2.45, 2.75) is 38.5 Å². The second-order valence-corrected chi connectivity index (χ2v) is 5.92. The normalized spacial score (nSPS) is 13.8. The fourth-order valence-electron chi connectivity index (χ4n) is 2.05. The van der Waals surface area contributed by atoms with Crippen LogP contribution in [0.5, 0.6) is 0 Å². The molecule has 0 bridgehead atoms. The summed E-state index contributed by atoms with van der Waals surface area (Å²) in [6.07, 6.45) is -6.54. The van der Waals surface area contributed by atoms with Gasteiger partial charge in [-0.15, -0.1) is 0 Å². The fraction of sp³-hybridized carbons (Fsp3) is 0.438. The number of carboxylic acids is 1. The Bertz CT molecular complexity index is 659. The number of carboxylic acid groups (broad SMARTS) is 1. The Balaban J connectivity index is 2.87. The zero-order valence-corrected chi connectivity index (χ0v) is 13.9. The standard InChI is InChI=1S/C16H18F4N2O4/c1-8(2)12(22-13(23)9-3-5-10(17)6-4-9)14(24)21-11(15(25)26)7-16(18,19)20/h3-6,8,11-12H,7H2,1-2H3,(H,21,24)(H,22,23)(H,25,26). The van der Waals surface area contributed by atoms with Gasteiger partial charge >= 0.3 is 12.1 Å². The summed E-state index contributed by atoms with van der Waals surface area (Å²) < 4.78 is 50.2. The van der Waals surface area contributed by atoms with Crippen molar-refractivity contribution in [1.82, 2.24) is 10.6 Å². The maximum Gasteiger partial charge on any atom is 0.391 e. The summed E-state index contributed by atoms with van der Waals surface area (Å²) in [4.78, 5) is 35.2. The van der Waals surface area contributed by atoms with Crippen LogP contribution in [0.1, 0.15) is 30.6 Å². The van der Waals surface area contributed by atoms with E-state index in [0.717, 1.165) is 12.1 Å².